The van der Waals surface area contributed by atoms with Crippen molar-refractivity contribution in [1.82, 2.24) is 4.98 Å². The molecule has 2 N–H and O–H groups in total. The van der Waals surface area contributed by atoms with E-state index in [1.54, 1.807) is 7.11 Å². The van der Waals surface area contributed by atoms with Crippen molar-refractivity contribution >= 4 is 29.0 Å². The van der Waals surface area contributed by atoms with Crippen LogP contribution in [0.3, 0.4) is 0 Å². The van der Waals surface area contributed by atoms with E-state index in [2.05, 4.69) is 36.5 Å². The Labute approximate surface area is 179 Å². The summed E-state index contributed by atoms with van der Waals surface area (Å²) in [7, 11) is 6.36. The SMILES string of the molecule is COc1cc(C[N+](C)(C)C2CCCC2)cc2[nH]c(=O)c3c(c12)NCCC3.Cl.[Cl-]. The van der Waals surface area contributed by atoms with Crippen molar-refractivity contribution in [1.29, 1.82) is 0 Å². The van der Waals surface area contributed by atoms with Gasteiger partial charge in [-0.25, -0.2) is 0 Å². The highest BCUT2D eigenvalue weighted by atomic mass is 35.5. The van der Waals surface area contributed by atoms with Gasteiger partial charge >= 0.3 is 0 Å². The maximum absolute atomic E-state index is 12.5. The summed E-state index contributed by atoms with van der Waals surface area (Å²) in [5.74, 6) is 0.853. The number of nitrogens with zero attached hydrogens (tertiary/aromatic N) is 1. The molecule has 0 bridgehead atoms. The first kappa shape index (κ1) is 22.9. The van der Waals surface area contributed by atoms with Gasteiger partial charge in [0.15, 0.2) is 0 Å². The largest absolute Gasteiger partial charge is 1.00 e. The van der Waals surface area contributed by atoms with Crippen molar-refractivity contribution in [2.75, 3.05) is 33.1 Å². The number of H-pyrrole nitrogens is 1. The molecule has 4 rings (SSSR count). The zero-order valence-corrected chi connectivity index (χ0v) is 18.5. The molecule has 0 atom stereocenters. The molecule has 1 fully saturated rings. The number of aromatic nitrogens is 1. The van der Waals surface area contributed by atoms with Crippen LogP contribution in [-0.4, -0.2) is 43.3 Å². The third-order valence-corrected chi connectivity index (χ3v) is 6.26. The standard InChI is InChI=1S/C21H29N3O2.2ClH/c1-24(2,15-7-4-5-8-15)13-14-11-17-19(18(12-14)26-3)20-16(21(25)23-17)9-6-10-22-20;;/h11-12,15H,4-10,13H2,1-3H3,(H-,22,23,25);2*1H. The van der Waals surface area contributed by atoms with Gasteiger partial charge in [0, 0.05) is 17.7 Å². The van der Waals surface area contributed by atoms with Gasteiger partial charge in [-0.1, -0.05) is 0 Å². The van der Waals surface area contributed by atoms with Gasteiger partial charge in [-0.2, -0.15) is 0 Å². The molecule has 0 spiro atoms. The number of quaternary nitrogens is 1. The lowest BCUT2D eigenvalue weighted by atomic mass is 9.99. The molecular formula is C21H31Cl2N3O2. The Morgan fingerprint density at radius 3 is 2.57 bits per heavy atom. The van der Waals surface area contributed by atoms with Crippen molar-refractivity contribution < 1.29 is 21.6 Å². The normalized spacial score (nSPS) is 16.7. The van der Waals surface area contributed by atoms with E-state index in [-0.39, 0.29) is 30.4 Å². The first-order chi connectivity index (χ1) is 12.5. The average Bonchev–Trinajstić information content (AvgIpc) is 3.16. The molecule has 156 valence electrons. The second-order valence-electron chi connectivity index (χ2n) is 8.43. The van der Waals surface area contributed by atoms with Crippen molar-refractivity contribution in [2.24, 2.45) is 0 Å². The number of halogens is 2. The van der Waals surface area contributed by atoms with Crippen LogP contribution in [-0.2, 0) is 13.0 Å². The molecule has 1 aliphatic heterocycles. The van der Waals surface area contributed by atoms with Crippen LogP contribution in [0.15, 0.2) is 16.9 Å². The van der Waals surface area contributed by atoms with Crippen LogP contribution in [0.1, 0.15) is 43.2 Å². The van der Waals surface area contributed by atoms with Gasteiger partial charge in [0.2, 0.25) is 0 Å². The Kier molecular flexibility index (Phi) is 7.29. The smallest absolute Gasteiger partial charge is 0.253 e. The Balaban J connectivity index is 0.00000140. The molecule has 1 aliphatic carbocycles. The first-order valence-electron chi connectivity index (χ1n) is 9.82. The number of pyridine rings is 1. The summed E-state index contributed by atoms with van der Waals surface area (Å²) >= 11 is 0. The minimum Gasteiger partial charge on any atom is -1.00 e. The van der Waals surface area contributed by atoms with Crippen LogP contribution in [0, 0.1) is 0 Å². The average molecular weight is 428 g/mol. The van der Waals surface area contributed by atoms with E-state index in [0.29, 0.717) is 0 Å². The van der Waals surface area contributed by atoms with Crippen LogP contribution >= 0.6 is 12.4 Å². The van der Waals surface area contributed by atoms with E-state index in [9.17, 15) is 4.79 Å². The second-order valence-corrected chi connectivity index (χ2v) is 8.43. The monoisotopic (exact) mass is 427 g/mol. The zero-order valence-electron chi connectivity index (χ0n) is 16.9. The van der Waals surface area contributed by atoms with Crippen LogP contribution in [0.25, 0.3) is 10.9 Å². The van der Waals surface area contributed by atoms with Crippen molar-refractivity contribution in [3.63, 3.8) is 0 Å². The summed E-state index contributed by atoms with van der Waals surface area (Å²) in [5, 5.41) is 4.44. The Morgan fingerprint density at radius 1 is 1.18 bits per heavy atom. The predicted octanol–water partition coefficient (Wildman–Crippen LogP) is 0.840. The van der Waals surface area contributed by atoms with Gasteiger partial charge in [0.1, 0.15) is 12.3 Å². The van der Waals surface area contributed by atoms with Crippen LogP contribution < -0.4 is 28.0 Å². The molecule has 0 unspecified atom stereocenters. The molecule has 2 aromatic rings. The number of ether oxygens (including phenoxy) is 1. The molecule has 0 amide bonds. The molecule has 2 aliphatic rings. The molecule has 28 heavy (non-hydrogen) atoms. The molecule has 2 heterocycles. The Hall–Kier alpha value is -1.43. The van der Waals surface area contributed by atoms with Crippen LogP contribution in [0.4, 0.5) is 5.69 Å². The lowest BCUT2D eigenvalue weighted by molar-refractivity contribution is -0.927. The van der Waals surface area contributed by atoms with Gasteiger partial charge in [-0.15, -0.1) is 12.4 Å². The number of fused-ring (bicyclic) bond motifs is 3. The van der Waals surface area contributed by atoms with Gasteiger partial charge in [-0.05, 0) is 50.7 Å². The number of aromatic amines is 1. The first-order valence-corrected chi connectivity index (χ1v) is 9.82. The summed E-state index contributed by atoms with van der Waals surface area (Å²) in [5.41, 5.74) is 3.95. The number of rotatable bonds is 4. The van der Waals surface area contributed by atoms with Gasteiger partial charge < -0.3 is 31.9 Å². The van der Waals surface area contributed by atoms with E-state index in [0.717, 1.165) is 64.4 Å². The molecule has 5 nitrogen and oxygen atoms in total. The summed E-state index contributed by atoms with van der Waals surface area (Å²) in [6.07, 6.45) is 7.13. The fourth-order valence-electron chi connectivity index (χ4n) is 4.86. The molecule has 1 aromatic heterocycles. The van der Waals surface area contributed by atoms with E-state index in [4.69, 9.17) is 4.74 Å². The fourth-order valence-corrected chi connectivity index (χ4v) is 4.86. The fraction of sp³-hybridized carbons (Fsp3) is 0.571. The quantitative estimate of drug-likeness (QED) is 0.710. The molecule has 0 saturated heterocycles. The third-order valence-electron chi connectivity index (χ3n) is 6.26. The highest BCUT2D eigenvalue weighted by molar-refractivity contribution is 5.98. The minimum atomic E-state index is 0. The van der Waals surface area contributed by atoms with Crippen molar-refractivity contribution in [3.8, 4) is 5.75 Å². The summed E-state index contributed by atoms with van der Waals surface area (Å²) in [4.78, 5) is 15.6. The van der Waals surface area contributed by atoms with Crippen LogP contribution in [0.5, 0.6) is 5.75 Å². The predicted molar refractivity (Wildman–Crippen MR) is 113 cm³/mol. The molecule has 0 radical (unpaired) electrons. The van der Waals surface area contributed by atoms with Crippen LogP contribution in [0.2, 0.25) is 0 Å². The van der Waals surface area contributed by atoms with Gasteiger partial charge in [0.05, 0.1) is 43.8 Å². The lowest BCUT2D eigenvalue weighted by Crippen LogP contribution is -3.00. The number of benzene rings is 1. The van der Waals surface area contributed by atoms with E-state index in [1.807, 2.05) is 0 Å². The van der Waals surface area contributed by atoms with E-state index < -0.39 is 0 Å². The molecule has 7 heteroatoms. The lowest BCUT2D eigenvalue weighted by Gasteiger charge is -2.36. The van der Waals surface area contributed by atoms with E-state index in [1.165, 1.54) is 31.2 Å². The van der Waals surface area contributed by atoms with E-state index >= 15 is 0 Å². The topological polar surface area (TPSA) is 54.1 Å². The third kappa shape index (κ3) is 4.12. The number of anilines is 1. The van der Waals surface area contributed by atoms with Gasteiger partial charge in [-0.3, -0.25) is 4.79 Å². The van der Waals surface area contributed by atoms with Crippen molar-refractivity contribution in [2.45, 2.75) is 51.1 Å². The molecule has 1 saturated carbocycles. The Bertz CT molecular complexity index is 889. The van der Waals surface area contributed by atoms with Gasteiger partial charge in [0.25, 0.3) is 5.56 Å². The second kappa shape index (κ2) is 8.93. The Morgan fingerprint density at radius 2 is 1.89 bits per heavy atom. The summed E-state index contributed by atoms with van der Waals surface area (Å²) in [6.45, 7) is 1.85. The summed E-state index contributed by atoms with van der Waals surface area (Å²) in [6, 6.07) is 5.03. The highest BCUT2D eigenvalue weighted by Gasteiger charge is 2.31. The zero-order chi connectivity index (χ0) is 18.3. The summed E-state index contributed by atoms with van der Waals surface area (Å²) < 4.78 is 6.73. The number of methoxy groups -OCH3 is 1. The number of hydrogen-bond acceptors (Lipinski definition) is 3. The number of nitrogens with one attached hydrogen (secondary N) is 2. The number of hydrogen-bond donors (Lipinski definition) is 2. The molecule has 1 aromatic carbocycles. The maximum atomic E-state index is 12.5. The highest BCUT2D eigenvalue weighted by Crippen LogP contribution is 2.37. The maximum Gasteiger partial charge on any atom is 0.253 e. The minimum absolute atomic E-state index is 0. The van der Waals surface area contributed by atoms with Crippen molar-refractivity contribution in [3.05, 3.63) is 33.6 Å². The molecular weight excluding hydrogens is 397 g/mol.